The third-order valence-corrected chi connectivity index (χ3v) is 5.44. The second-order valence-corrected chi connectivity index (χ2v) is 7.64. The van der Waals surface area contributed by atoms with Crippen molar-refractivity contribution >= 4 is 35.0 Å². The van der Waals surface area contributed by atoms with E-state index in [0.717, 1.165) is 13.0 Å². The van der Waals surface area contributed by atoms with Crippen LogP contribution in [0.2, 0.25) is 5.02 Å². The highest BCUT2D eigenvalue weighted by molar-refractivity contribution is 6.31. The van der Waals surface area contributed by atoms with Crippen LogP contribution in [0.25, 0.3) is 0 Å². The Balaban J connectivity index is 1.54. The quantitative estimate of drug-likeness (QED) is 0.625. The fourth-order valence-corrected chi connectivity index (χ4v) is 3.91. The highest BCUT2D eigenvalue weighted by Gasteiger charge is 2.28. The number of benzene rings is 2. The van der Waals surface area contributed by atoms with Gasteiger partial charge in [0.15, 0.2) is 0 Å². The summed E-state index contributed by atoms with van der Waals surface area (Å²) in [5.74, 6) is -0.716. The van der Waals surface area contributed by atoms with Gasteiger partial charge in [0.05, 0.1) is 11.9 Å². The first-order valence-electron chi connectivity index (χ1n) is 9.61. The Labute approximate surface area is 179 Å². The normalized spacial score (nSPS) is 15.8. The Morgan fingerprint density at radius 1 is 1.10 bits per heavy atom. The Bertz CT molecular complexity index is 1090. The zero-order chi connectivity index (χ0) is 21.1. The molecule has 2 aromatic carbocycles. The summed E-state index contributed by atoms with van der Waals surface area (Å²) >= 11 is 5.93. The van der Waals surface area contributed by atoms with Crippen molar-refractivity contribution < 1.29 is 14.7 Å². The summed E-state index contributed by atoms with van der Waals surface area (Å²) in [6.07, 6.45) is 2.41. The van der Waals surface area contributed by atoms with Crippen LogP contribution in [0.15, 0.2) is 66.9 Å². The third kappa shape index (κ3) is 4.28. The van der Waals surface area contributed by atoms with Gasteiger partial charge >= 0.3 is 5.97 Å². The van der Waals surface area contributed by atoms with E-state index in [9.17, 15) is 14.7 Å². The van der Waals surface area contributed by atoms with Crippen LogP contribution >= 0.6 is 11.6 Å². The number of aromatic nitrogens is 1. The molecule has 0 unspecified atom stereocenters. The average molecular weight is 422 g/mol. The number of rotatable bonds is 5. The maximum atomic E-state index is 12.4. The molecule has 2 N–H and O–H groups in total. The summed E-state index contributed by atoms with van der Waals surface area (Å²) in [6, 6.07) is 18.2. The number of carboxylic acids is 1. The maximum Gasteiger partial charge on any atom is 0.339 e. The Hall–Kier alpha value is -3.38. The molecule has 0 bridgehead atoms. The number of anilines is 2. The molecule has 1 fully saturated rings. The van der Waals surface area contributed by atoms with Crippen molar-refractivity contribution in [3.8, 4) is 0 Å². The van der Waals surface area contributed by atoms with E-state index in [0.29, 0.717) is 34.6 Å². The highest BCUT2D eigenvalue weighted by atomic mass is 35.5. The van der Waals surface area contributed by atoms with Gasteiger partial charge in [-0.1, -0.05) is 48.0 Å². The highest BCUT2D eigenvalue weighted by Crippen LogP contribution is 2.32. The minimum atomic E-state index is -1.08. The van der Waals surface area contributed by atoms with Crippen LogP contribution in [0.4, 0.5) is 11.5 Å². The molecule has 1 aromatic heterocycles. The third-order valence-electron chi connectivity index (χ3n) is 5.20. The largest absolute Gasteiger partial charge is 0.478 e. The van der Waals surface area contributed by atoms with Gasteiger partial charge in [0.25, 0.3) is 5.91 Å². The Kier molecular flexibility index (Phi) is 5.68. The predicted molar refractivity (Wildman–Crippen MR) is 117 cm³/mol. The summed E-state index contributed by atoms with van der Waals surface area (Å²) in [7, 11) is 0. The minimum Gasteiger partial charge on any atom is -0.478 e. The molecule has 6 nitrogen and oxygen atoms in total. The first-order chi connectivity index (χ1) is 14.5. The van der Waals surface area contributed by atoms with Crippen molar-refractivity contribution in [2.45, 2.75) is 12.3 Å². The number of carbonyl (C=O) groups excluding carboxylic acids is 1. The molecule has 1 amide bonds. The molecule has 3 aromatic rings. The van der Waals surface area contributed by atoms with Crippen molar-refractivity contribution in [1.29, 1.82) is 0 Å². The summed E-state index contributed by atoms with van der Waals surface area (Å²) in [4.78, 5) is 30.7. The molecule has 0 aliphatic carbocycles. The fraction of sp³-hybridized carbons (Fsp3) is 0.174. The number of carboxylic acid groups (broad SMARTS) is 1. The number of hydrogen-bond acceptors (Lipinski definition) is 4. The molecule has 30 heavy (non-hydrogen) atoms. The van der Waals surface area contributed by atoms with E-state index in [1.807, 2.05) is 23.1 Å². The molecule has 0 saturated carbocycles. The van der Waals surface area contributed by atoms with Crippen molar-refractivity contribution in [2.75, 3.05) is 23.3 Å². The molecule has 4 rings (SSSR count). The maximum absolute atomic E-state index is 12.4. The number of halogens is 1. The standard InChI is InChI=1S/C23H20ClN3O3/c24-18-8-4-7-16(11-18)22(28)26-19-12-20(23(29)30)21(25-13-19)27-10-9-17(14-27)15-5-2-1-3-6-15/h1-8,11-13,17H,9-10,14H2,(H,26,28)(H,29,30)/t17-/m1/s1. The minimum absolute atomic E-state index is 0.0626. The summed E-state index contributed by atoms with van der Waals surface area (Å²) in [6.45, 7) is 1.42. The van der Waals surface area contributed by atoms with E-state index in [-0.39, 0.29) is 11.5 Å². The molecule has 7 heteroatoms. The smallest absolute Gasteiger partial charge is 0.339 e. The lowest BCUT2D eigenvalue weighted by molar-refractivity contribution is 0.0697. The van der Waals surface area contributed by atoms with Gasteiger partial charge in [-0.15, -0.1) is 0 Å². The number of aromatic carboxylic acids is 1. The monoisotopic (exact) mass is 421 g/mol. The van der Waals surface area contributed by atoms with Crippen LogP contribution in [0.3, 0.4) is 0 Å². The van der Waals surface area contributed by atoms with E-state index in [1.165, 1.54) is 17.8 Å². The number of hydrogen-bond donors (Lipinski definition) is 2. The van der Waals surface area contributed by atoms with Crippen LogP contribution in [-0.4, -0.2) is 35.1 Å². The second kappa shape index (κ2) is 8.55. The van der Waals surface area contributed by atoms with Crippen LogP contribution in [-0.2, 0) is 0 Å². The summed E-state index contributed by atoms with van der Waals surface area (Å²) in [5.41, 5.74) is 2.00. The lowest BCUT2D eigenvalue weighted by Gasteiger charge is -2.20. The number of nitrogens with one attached hydrogen (secondary N) is 1. The average Bonchev–Trinajstić information content (AvgIpc) is 3.24. The van der Waals surface area contributed by atoms with Gasteiger partial charge in [0.2, 0.25) is 0 Å². The Morgan fingerprint density at radius 2 is 1.90 bits per heavy atom. The molecule has 1 saturated heterocycles. The lowest BCUT2D eigenvalue weighted by atomic mass is 9.99. The van der Waals surface area contributed by atoms with Crippen molar-refractivity contribution in [2.24, 2.45) is 0 Å². The van der Waals surface area contributed by atoms with Crippen LogP contribution < -0.4 is 10.2 Å². The number of pyridine rings is 1. The second-order valence-electron chi connectivity index (χ2n) is 7.21. The summed E-state index contributed by atoms with van der Waals surface area (Å²) < 4.78 is 0. The number of carbonyl (C=O) groups is 2. The van der Waals surface area contributed by atoms with E-state index < -0.39 is 5.97 Å². The van der Waals surface area contributed by atoms with Crippen LogP contribution in [0.5, 0.6) is 0 Å². The molecular formula is C23H20ClN3O3. The van der Waals surface area contributed by atoms with Gasteiger partial charge in [-0.25, -0.2) is 9.78 Å². The molecule has 152 valence electrons. The zero-order valence-electron chi connectivity index (χ0n) is 16.1. The molecule has 2 heterocycles. The number of nitrogens with zero attached hydrogens (tertiary/aromatic N) is 2. The predicted octanol–water partition coefficient (Wildman–Crippen LogP) is 4.68. The van der Waals surface area contributed by atoms with Crippen LogP contribution in [0, 0.1) is 0 Å². The van der Waals surface area contributed by atoms with Gasteiger partial charge < -0.3 is 15.3 Å². The Morgan fingerprint density at radius 3 is 2.63 bits per heavy atom. The first-order valence-corrected chi connectivity index (χ1v) is 9.99. The van der Waals surface area contributed by atoms with Crippen molar-refractivity contribution in [3.05, 3.63) is 88.6 Å². The molecule has 1 atom stereocenters. The molecule has 0 spiro atoms. The van der Waals surface area contributed by atoms with Gasteiger partial charge in [0, 0.05) is 29.6 Å². The molecule has 1 aliphatic rings. The van der Waals surface area contributed by atoms with Gasteiger partial charge in [-0.3, -0.25) is 4.79 Å². The topological polar surface area (TPSA) is 82.5 Å². The van der Waals surface area contributed by atoms with Crippen molar-refractivity contribution in [3.63, 3.8) is 0 Å². The SMILES string of the molecule is O=C(Nc1cnc(N2CC[C@@H](c3ccccc3)C2)c(C(=O)O)c1)c1cccc(Cl)c1. The molecule has 1 aliphatic heterocycles. The number of amides is 1. The lowest BCUT2D eigenvalue weighted by Crippen LogP contribution is -2.23. The van der Waals surface area contributed by atoms with E-state index in [4.69, 9.17) is 11.6 Å². The summed E-state index contributed by atoms with van der Waals surface area (Å²) in [5, 5.41) is 12.9. The van der Waals surface area contributed by atoms with Crippen LogP contribution in [0.1, 0.15) is 38.6 Å². The van der Waals surface area contributed by atoms with E-state index in [2.05, 4.69) is 22.4 Å². The van der Waals surface area contributed by atoms with E-state index in [1.54, 1.807) is 24.3 Å². The zero-order valence-corrected chi connectivity index (χ0v) is 16.8. The van der Waals surface area contributed by atoms with Crippen molar-refractivity contribution in [1.82, 2.24) is 4.98 Å². The first kappa shape index (κ1) is 19.9. The fourth-order valence-electron chi connectivity index (χ4n) is 3.72. The van der Waals surface area contributed by atoms with E-state index >= 15 is 0 Å². The molecular weight excluding hydrogens is 402 g/mol. The van der Waals surface area contributed by atoms with Gasteiger partial charge in [-0.2, -0.15) is 0 Å². The van der Waals surface area contributed by atoms with Gasteiger partial charge in [-0.05, 0) is 36.2 Å². The molecule has 0 radical (unpaired) electrons. The van der Waals surface area contributed by atoms with Gasteiger partial charge in [0.1, 0.15) is 11.4 Å².